The molecule has 0 aromatic heterocycles. The molecular formula is C24H18. The molecule has 0 N–H and O–H groups in total. The zero-order valence-corrected chi connectivity index (χ0v) is 13.9. The molecule has 0 spiro atoms. The van der Waals surface area contributed by atoms with Crippen molar-refractivity contribution in [1.29, 1.82) is 0 Å². The van der Waals surface area contributed by atoms with Crippen LogP contribution in [0, 0.1) is 13.8 Å². The number of aryl methyl sites for hydroxylation is 1. The molecule has 1 aliphatic carbocycles. The van der Waals surface area contributed by atoms with Gasteiger partial charge in [-0.05, 0) is 69.1 Å². The van der Waals surface area contributed by atoms with E-state index in [4.69, 9.17) is 0 Å². The highest BCUT2D eigenvalue weighted by atomic mass is 14.3. The smallest absolute Gasteiger partial charge is 0.00263 e. The van der Waals surface area contributed by atoms with Crippen molar-refractivity contribution in [1.82, 2.24) is 0 Å². The van der Waals surface area contributed by atoms with Gasteiger partial charge in [0.1, 0.15) is 0 Å². The van der Waals surface area contributed by atoms with E-state index in [1.165, 1.54) is 55.3 Å². The Kier molecular flexibility index (Phi) is 2.72. The minimum absolute atomic E-state index is 1.33. The van der Waals surface area contributed by atoms with Gasteiger partial charge >= 0.3 is 0 Å². The molecule has 1 aliphatic rings. The maximum Gasteiger partial charge on any atom is -0.00263 e. The third-order valence-electron chi connectivity index (χ3n) is 5.36. The molecule has 0 heterocycles. The molecule has 0 bridgehead atoms. The lowest BCUT2D eigenvalue weighted by Gasteiger charge is -2.14. The summed E-state index contributed by atoms with van der Waals surface area (Å²) in [6.45, 7) is 4.46. The number of fused-ring (bicyclic) bond motifs is 3. The molecule has 0 radical (unpaired) electrons. The van der Waals surface area contributed by atoms with Crippen LogP contribution in [0.5, 0.6) is 0 Å². The first kappa shape index (κ1) is 13.6. The van der Waals surface area contributed by atoms with Crippen molar-refractivity contribution >= 4 is 10.8 Å². The Balaban J connectivity index is 1.87. The van der Waals surface area contributed by atoms with Crippen molar-refractivity contribution in [3.05, 3.63) is 83.9 Å². The van der Waals surface area contributed by atoms with Crippen molar-refractivity contribution in [3.8, 4) is 33.4 Å². The van der Waals surface area contributed by atoms with Gasteiger partial charge in [-0.2, -0.15) is 0 Å². The van der Waals surface area contributed by atoms with Gasteiger partial charge in [-0.3, -0.25) is 0 Å². The third-order valence-corrected chi connectivity index (χ3v) is 5.36. The van der Waals surface area contributed by atoms with Crippen molar-refractivity contribution in [2.45, 2.75) is 13.8 Å². The van der Waals surface area contributed by atoms with Crippen LogP contribution in [0.3, 0.4) is 0 Å². The Morgan fingerprint density at radius 1 is 0.500 bits per heavy atom. The summed E-state index contributed by atoms with van der Waals surface area (Å²) >= 11 is 0. The van der Waals surface area contributed by atoms with Crippen LogP contribution in [0.15, 0.2) is 72.8 Å². The summed E-state index contributed by atoms with van der Waals surface area (Å²) in [6.07, 6.45) is 0. The lowest BCUT2D eigenvalue weighted by Crippen LogP contribution is -1.90. The first-order valence-electron chi connectivity index (χ1n) is 8.48. The van der Waals surface area contributed by atoms with Crippen LogP contribution >= 0.6 is 0 Å². The van der Waals surface area contributed by atoms with E-state index < -0.39 is 0 Å². The van der Waals surface area contributed by atoms with Gasteiger partial charge in [-0.1, -0.05) is 72.8 Å². The standard InChI is InChI=1S/C24H18/c1-15-7-3-4-10-18(15)19-13-14-21-20-11-5-8-17-9-6-12-22(24(17)20)23(21)16(19)2/h3-14H,1-2H3. The van der Waals surface area contributed by atoms with Crippen molar-refractivity contribution < 1.29 is 0 Å². The van der Waals surface area contributed by atoms with Crippen molar-refractivity contribution in [3.63, 3.8) is 0 Å². The molecule has 0 aliphatic heterocycles. The van der Waals surface area contributed by atoms with Crippen molar-refractivity contribution in [2.24, 2.45) is 0 Å². The molecule has 4 aromatic rings. The second kappa shape index (κ2) is 4.82. The highest BCUT2D eigenvalue weighted by Crippen LogP contribution is 2.50. The van der Waals surface area contributed by atoms with E-state index in [9.17, 15) is 0 Å². The number of benzene rings is 4. The average Bonchev–Trinajstić information content (AvgIpc) is 2.94. The Morgan fingerprint density at radius 2 is 1.17 bits per heavy atom. The average molecular weight is 306 g/mol. The zero-order valence-electron chi connectivity index (χ0n) is 13.9. The molecule has 0 saturated carbocycles. The zero-order chi connectivity index (χ0) is 16.3. The van der Waals surface area contributed by atoms with E-state index >= 15 is 0 Å². The quantitative estimate of drug-likeness (QED) is 0.320. The Bertz CT molecular complexity index is 1110. The van der Waals surface area contributed by atoms with Crippen LogP contribution in [0.25, 0.3) is 44.2 Å². The first-order chi connectivity index (χ1) is 11.8. The Morgan fingerprint density at radius 3 is 1.96 bits per heavy atom. The maximum absolute atomic E-state index is 2.30. The van der Waals surface area contributed by atoms with E-state index in [1.807, 2.05) is 0 Å². The van der Waals surface area contributed by atoms with Crippen LogP contribution in [0.2, 0.25) is 0 Å². The van der Waals surface area contributed by atoms with Crippen LogP contribution < -0.4 is 0 Å². The molecule has 0 heteroatoms. The fourth-order valence-electron chi connectivity index (χ4n) is 4.22. The molecule has 0 amide bonds. The molecule has 0 nitrogen and oxygen atoms in total. The summed E-state index contributed by atoms with van der Waals surface area (Å²) in [4.78, 5) is 0. The normalized spacial score (nSPS) is 11.8. The highest BCUT2D eigenvalue weighted by Gasteiger charge is 2.24. The monoisotopic (exact) mass is 306 g/mol. The van der Waals surface area contributed by atoms with E-state index in [-0.39, 0.29) is 0 Å². The second-order valence-corrected chi connectivity index (χ2v) is 6.68. The van der Waals surface area contributed by atoms with Gasteiger partial charge in [0.2, 0.25) is 0 Å². The number of hydrogen-bond acceptors (Lipinski definition) is 0. The summed E-state index contributed by atoms with van der Waals surface area (Å²) in [5.74, 6) is 0. The summed E-state index contributed by atoms with van der Waals surface area (Å²) in [6, 6.07) is 26.6. The third kappa shape index (κ3) is 1.68. The van der Waals surface area contributed by atoms with Gasteiger partial charge in [0.15, 0.2) is 0 Å². The number of rotatable bonds is 1. The summed E-state index contributed by atoms with van der Waals surface area (Å²) in [5, 5.41) is 2.73. The Labute approximate surface area is 142 Å². The minimum Gasteiger partial charge on any atom is -0.0620 e. The first-order valence-corrected chi connectivity index (χ1v) is 8.48. The molecule has 0 unspecified atom stereocenters. The predicted octanol–water partition coefficient (Wildman–Crippen LogP) is 6.77. The molecule has 0 fully saturated rings. The fourth-order valence-corrected chi connectivity index (χ4v) is 4.22. The summed E-state index contributed by atoms with van der Waals surface area (Å²) < 4.78 is 0. The van der Waals surface area contributed by atoms with Gasteiger partial charge in [0, 0.05) is 0 Å². The van der Waals surface area contributed by atoms with Gasteiger partial charge in [0.25, 0.3) is 0 Å². The van der Waals surface area contributed by atoms with E-state index in [0.717, 1.165) is 0 Å². The lowest BCUT2D eigenvalue weighted by molar-refractivity contribution is 1.41. The largest absolute Gasteiger partial charge is 0.0620 e. The van der Waals surface area contributed by atoms with Crippen molar-refractivity contribution in [2.75, 3.05) is 0 Å². The van der Waals surface area contributed by atoms with E-state index in [2.05, 4.69) is 86.6 Å². The predicted molar refractivity (Wildman–Crippen MR) is 103 cm³/mol. The molecule has 0 saturated heterocycles. The lowest BCUT2D eigenvalue weighted by atomic mass is 9.90. The van der Waals surface area contributed by atoms with Crippen LogP contribution in [-0.2, 0) is 0 Å². The summed E-state index contributed by atoms with van der Waals surface area (Å²) in [5.41, 5.74) is 10.9. The van der Waals surface area contributed by atoms with Gasteiger partial charge < -0.3 is 0 Å². The van der Waals surface area contributed by atoms with Gasteiger partial charge in [-0.15, -0.1) is 0 Å². The molecule has 114 valence electrons. The second-order valence-electron chi connectivity index (χ2n) is 6.68. The fraction of sp³-hybridized carbons (Fsp3) is 0.0833. The Hall–Kier alpha value is -2.86. The van der Waals surface area contributed by atoms with Crippen LogP contribution in [-0.4, -0.2) is 0 Å². The van der Waals surface area contributed by atoms with Gasteiger partial charge in [-0.25, -0.2) is 0 Å². The van der Waals surface area contributed by atoms with E-state index in [1.54, 1.807) is 0 Å². The molecule has 4 aromatic carbocycles. The van der Waals surface area contributed by atoms with Gasteiger partial charge in [0.05, 0.1) is 0 Å². The maximum atomic E-state index is 2.30. The van der Waals surface area contributed by atoms with Crippen LogP contribution in [0.4, 0.5) is 0 Å². The van der Waals surface area contributed by atoms with Crippen LogP contribution in [0.1, 0.15) is 11.1 Å². The molecule has 5 rings (SSSR count). The molecule has 24 heavy (non-hydrogen) atoms. The molecule has 0 atom stereocenters. The highest BCUT2D eigenvalue weighted by molar-refractivity contribution is 6.16. The minimum atomic E-state index is 1.33. The topological polar surface area (TPSA) is 0 Å². The number of hydrogen-bond donors (Lipinski definition) is 0. The van der Waals surface area contributed by atoms with E-state index in [0.29, 0.717) is 0 Å². The molecular weight excluding hydrogens is 288 g/mol. The summed E-state index contributed by atoms with van der Waals surface area (Å²) in [7, 11) is 0. The SMILES string of the molecule is Cc1ccccc1-c1ccc2c(c1C)-c1cccc3cccc-2c13.